The summed E-state index contributed by atoms with van der Waals surface area (Å²) in [5, 5.41) is 6.38. The van der Waals surface area contributed by atoms with E-state index in [4.69, 9.17) is 4.74 Å². The maximum absolute atomic E-state index is 13.3. The molecule has 0 aromatic heterocycles. The summed E-state index contributed by atoms with van der Waals surface area (Å²) in [5.74, 6) is -0.199. The van der Waals surface area contributed by atoms with Crippen molar-refractivity contribution in [3.05, 3.63) is 40.9 Å². The molecule has 5 rings (SSSR count). The van der Waals surface area contributed by atoms with Gasteiger partial charge in [-0.2, -0.15) is 0 Å². The van der Waals surface area contributed by atoms with Gasteiger partial charge in [0, 0.05) is 10.2 Å². The Balaban J connectivity index is 1.31. The van der Waals surface area contributed by atoms with Gasteiger partial charge in [-0.05, 0) is 86.2 Å². The number of piperidine rings is 1. The summed E-state index contributed by atoms with van der Waals surface area (Å²) in [6, 6.07) is 7.57. The third-order valence-electron chi connectivity index (χ3n) is 7.45. The monoisotopic (exact) mass is 458 g/mol. The van der Waals surface area contributed by atoms with Crippen LogP contribution in [0.3, 0.4) is 0 Å². The summed E-state index contributed by atoms with van der Waals surface area (Å²) in [6.07, 6.45) is 8.66. The van der Waals surface area contributed by atoms with E-state index in [1.807, 2.05) is 24.3 Å². The van der Waals surface area contributed by atoms with E-state index in [1.54, 1.807) is 0 Å². The topological polar surface area (TPSA) is 67.4 Å². The molecule has 1 amide bonds. The number of carbonyl (C=O) groups excluding carboxylic acids is 2. The molecular formula is C23H27BrN2O3. The average molecular weight is 459 g/mol. The minimum atomic E-state index is -0.357. The number of rotatable bonds is 5. The molecule has 3 aliphatic carbocycles. The van der Waals surface area contributed by atoms with Crippen molar-refractivity contribution in [1.82, 2.24) is 5.32 Å². The van der Waals surface area contributed by atoms with E-state index in [0.717, 1.165) is 48.9 Å². The number of amides is 1. The zero-order chi connectivity index (χ0) is 20.0. The molecule has 2 saturated carbocycles. The van der Waals surface area contributed by atoms with Crippen molar-refractivity contribution in [2.75, 3.05) is 25.0 Å². The number of hydrogen-bond donors (Lipinski definition) is 2. The molecule has 1 heterocycles. The first-order valence-corrected chi connectivity index (χ1v) is 11.5. The molecule has 29 heavy (non-hydrogen) atoms. The zero-order valence-electron chi connectivity index (χ0n) is 16.4. The summed E-state index contributed by atoms with van der Waals surface area (Å²) in [4.78, 5) is 26.4. The van der Waals surface area contributed by atoms with E-state index in [1.165, 1.54) is 0 Å². The molecule has 2 N–H and O–H groups in total. The van der Waals surface area contributed by atoms with Gasteiger partial charge < -0.3 is 15.4 Å². The van der Waals surface area contributed by atoms with Gasteiger partial charge in [0.05, 0.1) is 18.4 Å². The van der Waals surface area contributed by atoms with Gasteiger partial charge >= 0.3 is 5.97 Å². The fraction of sp³-hybridized carbons (Fsp3) is 0.565. The molecule has 1 saturated heterocycles. The van der Waals surface area contributed by atoms with Gasteiger partial charge in [0.25, 0.3) is 0 Å². The number of carbonyl (C=O) groups is 2. The van der Waals surface area contributed by atoms with E-state index in [2.05, 4.69) is 38.7 Å². The first-order chi connectivity index (χ1) is 14.1. The highest BCUT2D eigenvalue weighted by molar-refractivity contribution is 9.10. The molecule has 3 fully saturated rings. The molecule has 2 bridgehead atoms. The molecule has 4 aliphatic rings. The van der Waals surface area contributed by atoms with Gasteiger partial charge in [0.15, 0.2) is 0 Å². The second kappa shape index (κ2) is 7.55. The van der Waals surface area contributed by atoms with Crippen LogP contribution in [0.2, 0.25) is 0 Å². The molecule has 154 valence electrons. The molecule has 6 heteroatoms. The molecule has 1 aromatic rings. The lowest BCUT2D eigenvalue weighted by molar-refractivity contribution is -0.154. The number of nitrogens with one attached hydrogen (secondary N) is 2. The molecule has 1 aliphatic heterocycles. The SMILES string of the molecule is O=C(Nc1ccc(Br)cc1)C1C(C(=O)OCC2CCNCC2)C2C=CC1C21CC1. The molecule has 0 radical (unpaired) electrons. The van der Waals surface area contributed by atoms with Crippen molar-refractivity contribution < 1.29 is 14.3 Å². The van der Waals surface area contributed by atoms with Crippen LogP contribution >= 0.6 is 15.9 Å². The largest absolute Gasteiger partial charge is 0.465 e. The molecule has 1 spiro atoms. The van der Waals surface area contributed by atoms with Gasteiger partial charge in [-0.3, -0.25) is 9.59 Å². The van der Waals surface area contributed by atoms with Crippen LogP contribution in [0.5, 0.6) is 0 Å². The average Bonchev–Trinajstić information content (AvgIpc) is 3.41. The third kappa shape index (κ3) is 3.44. The van der Waals surface area contributed by atoms with E-state index in [0.29, 0.717) is 12.5 Å². The number of allylic oxidation sites excluding steroid dienone is 2. The van der Waals surface area contributed by atoms with E-state index < -0.39 is 0 Å². The lowest BCUT2D eigenvalue weighted by atomic mass is 9.82. The summed E-state index contributed by atoms with van der Waals surface area (Å²) in [5.41, 5.74) is 0.886. The predicted molar refractivity (Wildman–Crippen MR) is 114 cm³/mol. The Hall–Kier alpha value is -1.66. The van der Waals surface area contributed by atoms with Crippen molar-refractivity contribution in [3.63, 3.8) is 0 Å². The lowest BCUT2D eigenvalue weighted by Gasteiger charge is -2.27. The van der Waals surface area contributed by atoms with E-state index in [9.17, 15) is 9.59 Å². The van der Waals surface area contributed by atoms with Crippen molar-refractivity contribution in [2.24, 2.45) is 35.0 Å². The van der Waals surface area contributed by atoms with Crippen LogP contribution in [-0.4, -0.2) is 31.6 Å². The van der Waals surface area contributed by atoms with E-state index >= 15 is 0 Å². The van der Waals surface area contributed by atoms with Crippen molar-refractivity contribution in [1.29, 1.82) is 0 Å². The number of anilines is 1. The normalized spacial score (nSPS) is 31.8. The van der Waals surface area contributed by atoms with Crippen LogP contribution in [0.1, 0.15) is 25.7 Å². The zero-order valence-corrected chi connectivity index (χ0v) is 18.0. The Bertz CT molecular complexity index is 827. The number of ether oxygens (including phenoxy) is 1. The minimum absolute atomic E-state index is 0.0562. The number of halogens is 1. The Kier molecular flexibility index (Phi) is 5.03. The van der Waals surface area contributed by atoms with Crippen molar-refractivity contribution >= 4 is 33.5 Å². The van der Waals surface area contributed by atoms with E-state index in [-0.39, 0.29) is 41.0 Å². The lowest BCUT2D eigenvalue weighted by Crippen LogP contribution is -2.38. The highest BCUT2D eigenvalue weighted by Crippen LogP contribution is 2.72. The number of hydrogen-bond acceptors (Lipinski definition) is 4. The van der Waals surface area contributed by atoms with Gasteiger partial charge in [-0.15, -0.1) is 0 Å². The van der Waals surface area contributed by atoms with Crippen LogP contribution in [-0.2, 0) is 14.3 Å². The fourth-order valence-electron chi connectivity index (χ4n) is 5.78. The standard InChI is InChI=1S/C23H27BrN2O3/c24-15-1-3-16(4-2-15)26-21(27)19-17-5-6-18(23(17)9-10-23)20(19)22(28)29-13-14-7-11-25-12-8-14/h1-6,14,17-20,25H,7-13H2,(H,26,27). The smallest absolute Gasteiger partial charge is 0.310 e. The van der Waals surface area contributed by atoms with Gasteiger partial charge in [0.2, 0.25) is 5.91 Å². The Morgan fingerprint density at radius 2 is 1.72 bits per heavy atom. The second-order valence-corrected chi connectivity index (χ2v) is 9.96. The Morgan fingerprint density at radius 1 is 1.07 bits per heavy atom. The first-order valence-electron chi connectivity index (χ1n) is 10.7. The van der Waals surface area contributed by atoms with Crippen LogP contribution in [0.15, 0.2) is 40.9 Å². The summed E-state index contributed by atoms with van der Waals surface area (Å²) in [7, 11) is 0. The van der Waals surface area contributed by atoms with Crippen molar-refractivity contribution in [3.8, 4) is 0 Å². The summed E-state index contributed by atoms with van der Waals surface area (Å²) >= 11 is 3.42. The van der Waals surface area contributed by atoms with Gasteiger partial charge in [0.1, 0.15) is 0 Å². The highest BCUT2D eigenvalue weighted by atomic mass is 79.9. The van der Waals surface area contributed by atoms with Gasteiger partial charge in [-0.25, -0.2) is 0 Å². The molecule has 4 atom stereocenters. The molecular weight excluding hydrogens is 432 g/mol. The fourth-order valence-corrected chi connectivity index (χ4v) is 6.04. The summed E-state index contributed by atoms with van der Waals surface area (Å²) in [6.45, 7) is 2.45. The Labute approximate surface area is 179 Å². The number of esters is 1. The highest BCUT2D eigenvalue weighted by Gasteiger charge is 2.70. The second-order valence-electron chi connectivity index (χ2n) is 9.04. The predicted octanol–water partition coefficient (Wildman–Crippen LogP) is 3.76. The van der Waals surface area contributed by atoms with Crippen LogP contribution < -0.4 is 10.6 Å². The van der Waals surface area contributed by atoms with Gasteiger partial charge in [-0.1, -0.05) is 28.1 Å². The Morgan fingerprint density at radius 3 is 2.38 bits per heavy atom. The minimum Gasteiger partial charge on any atom is -0.465 e. The number of benzene rings is 1. The third-order valence-corrected chi connectivity index (χ3v) is 7.98. The summed E-state index contributed by atoms with van der Waals surface area (Å²) < 4.78 is 6.77. The maximum Gasteiger partial charge on any atom is 0.310 e. The van der Waals surface area contributed by atoms with Crippen LogP contribution in [0.25, 0.3) is 0 Å². The molecule has 5 nitrogen and oxygen atoms in total. The molecule has 4 unspecified atom stereocenters. The maximum atomic E-state index is 13.3. The van der Waals surface area contributed by atoms with Crippen LogP contribution in [0, 0.1) is 35.0 Å². The molecule has 1 aromatic carbocycles. The quantitative estimate of drug-likeness (QED) is 0.520. The first kappa shape index (κ1) is 19.3. The van der Waals surface area contributed by atoms with Crippen LogP contribution in [0.4, 0.5) is 5.69 Å². The van der Waals surface area contributed by atoms with Crippen molar-refractivity contribution in [2.45, 2.75) is 25.7 Å².